The molecule has 0 aromatic heterocycles. The monoisotopic (exact) mass is 358 g/mol. The van der Waals surface area contributed by atoms with Gasteiger partial charge in [0.2, 0.25) is 0 Å². The van der Waals surface area contributed by atoms with E-state index in [-0.39, 0.29) is 0 Å². The summed E-state index contributed by atoms with van der Waals surface area (Å²) in [6.07, 6.45) is 22.7. The number of rotatable bonds is 17. The van der Waals surface area contributed by atoms with E-state index in [9.17, 15) is 0 Å². The minimum absolute atomic E-state index is 0.793. The molecule has 0 N–H and O–H groups in total. The van der Waals surface area contributed by atoms with Gasteiger partial charge in [-0.15, -0.1) is 0 Å². The third-order valence-electron chi connectivity index (χ3n) is 5.86. The van der Waals surface area contributed by atoms with E-state index in [1.165, 1.54) is 108 Å². The van der Waals surface area contributed by atoms with Gasteiger partial charge in [-0.1, -0.05) is 134 Å². The van der Waals surface area contributed by atoms with Gasteiger partial charge in [-0.2, -0.15) is 0 Å². The van der Waals surface area contributed by atoms with E-state index in [4.69, 9.17) is 0 Å². The molecule has 0 fully saturated rings. The van der Waals surface area contributed by atoms with Gasteiger partial charge >= 0.3 is 0 Å². The van der Waals surface area contributed by atoms with Crippen LogP contribution in [0.3, 0.4) is 0 Å². The second-order valence-corrected chi connectivity index (χ2v) is 8.43. The number of aryl methyl sites for hydroxylation is 1. The highest BCUT2D eigenvalue weighted by molar-refractivity contribution is 5.24. The molecule has 0 aliphatic carbocycles. The van der Waals surface area contributed by atoms with Gasteiger partial charge in [-0.05, 0) is 31.2 Å². The van der Waals surface area contributed by atoms with Gasteiger partial charge in [0, 0.05) is 0 Å². The van der Waals surface area contributed by atoms with Crippen LogP contribution in [0.1, 0.15) is 134 Å². The molecule has 1 aromatic rings. The first-order valence-electron chi connectivity index (χ1n) is 11.8. The van der Waals surface area contributed by atoms with Gasteiger partial charge < -0.3 is 0 Å². The van der Waals surface area contributed by atoms with Crippen molar-refractivity contribution in [2.24, 2.45) is 0 Å². The summed E-state index contributed by atoms with van der Waals surface area (Å²) in [7, 11) is 0. The standard InChI is InChI=1S/C26H46/c1-4-6-8-10-11-12-13-15-17-19-25(18-16-14-9-7-5-2)26-22-20-24(3)21-23-26/h20-23,25H,4-19H2,1-3H3/t25-/m1/s1. The molecule has 0 amide bonds. The van der Waals surface area contributed by atoms with E-state index in [0.29, 0.717) is 0 Å². The van der Waals surface area contributed by atoms with Crippen LogP contribution in [0.5, 0.6) is 0 Å². The van der Waals surface area contributed by atoms with E-state index in [1.807, 2.05) is 0 Å². The van der Waals surface area contributed by atoms with E-state index in [0.717, 1.165) is 5.92 Å². The Morgan fingerprint density at radius 3 is 1.35 bits per heavy atom. The molecular formula is C26H46. The Morgan fingerprint density at radius 2 is 0.923 bits per heavy atom. The summed E-state index contributed by atoms with van der Waals surface area (Å²) in [6.45, 7) is 6.80. The number of benzene rings is 1. The Hall–Kier alpha value is -0.780. The number of hydrogen-bond donors (Lipinski definition) is 0. The van der Waals surface area contributed by atoms with E-state index < -0.39 is 0 Å². The van der Waals surface area contributed by atoms with Crippen LogP contribution >= 0.6 is 0 Å². The first-order valence-corrected chi connectivity index (χ1v) is 11.8. The minimum atomic E-state index is 0.793. The van der Waals surface area contributed by atoms with Gasteiger partial charge in [0.05, 0.1) is 0 Å². The summed E-state index contributed by atoms with van der Waals surface area (Å²) in [4.78, 5) is 0. The lowest BCUT2D eigenvalue weighted by atomic mass is 9.88. The average molecular weight is 359 g/mol. The van der Waals surface area contributed by atoms with Gasteiger partial charge in [-0.3, -0.25) is 0 Å². The Bertz CT molecular complexity index is 403. The summed E-state index contributed by atoms with van der Waals surface area (Å²) in [5, 5.41) is 0. The number of unbranched alkanes of at least 4 members (excludes halogenated alkanes) is 12. The van der Waals surface area contributed by atoms with Crippen LogP contribution in [0.15, 0.2) is 24.3 Å². The highest BCUT2D eigenvalue weighted by Crippen LogP contribution is 2.29. The Balaban J connectivity index is 2.25. The van der Waals surface area contributed by atoms with Crippen molar-refractivity contribution in [3.05, 3.63) is 35.4 Å². The predicted molar refractivity (Wildman–Crippen MR) is 119 cm³/mol. The van der Waals surface area contributed by atoms with Crippen LogP contribution in [0.2, 0.25) is 0 Å². The molecule has 0 nitrogen and oxygen atoms in total. The van der Waals surface area contributed by atoms with Crippen molar-refractivity contribution in [3.63, 3.8) is 0 Å². The molecule has 0 bridgehead atoms. The van der Waals surface area contributed by atoms with Crippen molar-refractivity contribution < 1.29 is 0 Å². The minimum Gasteiger partial charge on any atom is -0.0654 e. The quantitative estimate of drug-likeness (QED) is 0.243. The van der Waals surface area contributed by atoms with E-state index >= 15 is 0 Å². The Labute approximate surface area is 165 Å². The molecule has 1 atom stereocenters. The molecule has 0 saturated carbocycles. The molecule has 0 unspecified atom stereocenters. The van der Waals surface area contributed by atoms with Crippen molar-refractivity contribution in [1.82, 2.24) is 0 Å². The average Bonchev–Trinajstić information content (AvgIpc) is 2.65. The SMILES string of the molecule is CCCCCCCCCCC[C@@H](CCCCCCC)c1ccc(C)cc1. The lowest BCUT2D eigenvalue weighted by Gasteiger charge is -2.18. The molecule has 1 aromatic carbocycles. The molecule has 26 heavy (non-hydrogen) atoms. The topological polar surface area (TPSA) is 0 Å². The maximum Gasteiger partial charge on any atom is -0.0162 e. The molecule has 150 valence electrons. The maximum atomic E-state index is 2.39. The molecule has 0 radical (unpaired) electrons. The van der Waals surface area contributed by atoms with Crippen molar-refractivity contribution in [2.75, 3.05) is 0 Å². The van der Waals surface area contributed by atoms with Crippen LogP contribution in [0.25, 0.3) is 0 Å². The molecule has 0 heteroatoms. The van der Waals surface area contributed by atoms with Crippen LogP contribution < -0.4 is 0 Å². The van der Waals surface area contributed by atoms with Crippen molar-refractivity contribution in [2.45, 2.75) is 129 Å². The summed E-state index contributed by atoms with van der Waals surface area (Å²) < 4.78 is 0. The Morgan fingerprint density at radius 1 is 0.538 bits per heavy atom. The lowest BCUT2D eigenvalue weighted by Crippen LogP contribution is -2.00. The van der Waals surface area contributed by atoms with Gasteiger partial charge in [0.25, 0.3) is 0 Å². The second kappa shape index (κ2) is 16.4. The number of hydrogen-bond acceptors (Lipinski definition) is 0. The van der Waals surface area contributed by atoms with E-state index in [2.05, 4.69) is 45.0 Å². The Kier molecular flexibility index (Phi) is 14.7. The van der Waals surface area contributed by atoms with Crippen LogP contribution in [0, 0.1) is 6.92 Å². The summed E-state index contributed by atoms with van der Waals surface area (Å²) in [5.74, 6) is 0.793. The van der Waals surface area contributed by atoms with Crippen molar-refractivity contribution >= 4 is 0 Å². The highest BCUT2D eigenvalue weighted by atomic mass is 14.2. The normalized spacial score (nSPS) is 12.4. The lowest BCUT2D eigenvalue weighted by molar-refractivity contribution is 0.485. The zero-order valence-corrected chi connectivity index (χ0v) is 18.2. The van der Waals surface area contributed by atoms with Crippen molar-refractivity contribution in [3.8, 4) is 0 Å². The second-order valence-electron chi connectivity index (χ2n) is 8.43. The first kappa shape index (κ1) is 23.3. The van der Waals surface area contributed by atoms with Crippen LogP contribution in [-0.2, 0) is 0 Å². The molecule has 0 saturated heterocycles. The van der Waals surface area contributed by atoms with Crippen molar-refractivity contribution in [1.29, 1.82) is 0 Å². The predicted octanol–water partition coefficient (Wildman–Crippen LogP) is 9.36. The largest absolute Gasteiger partial charge is 0.0654 e. The van der Waals surface area contributed by atoms with Crippen LogP contribution in [0.4, 0.5) is 0 Å². The van der Waals surface area contributed by atoms with Crippen LogP contribution in [-0.4, -0.2) is 0 Å². The van der Waals surface area contributed by atoms with Gasteiger partial charge in [-0.25, -0.2) is 0 Å². The first-order chi connectivity index (χ1) is 12.8. The molecule has 0 spiro atoms. The molecule has 0 aliphatic heterocycles. The summed E-state index contributed by atoms with van der Waals surface area (Å²) in [5.41, 5.74) is 2.98. The summed E-state index contributed by atoms with van der Waals surface area (Å²) >= 11 is 0. The van der Waals surface area contributed by atoms with E-state index in [1.54, 1.807) is 5.56 Å². The molecule has 1 rings (SSSR count). The molecule has 0 aliphatic rings. The zero-order valence-electron chi connectivity index (χ0n) is 18.2. The highest BCUT2D eigenvalue weighted by Gasteiger charge is 2.11. The van der Waals surface area contributed by atoms with Gasteiger partial charge in [0.1, 0.15) is 0 Å². The molecule has 0 heterocycles. The third kappa shape index (κ3) is 11.8. The smallest absolute Gasteiger partial charge is 0.0162 e. The van der Waals surface area contributed by atoms with Gasteiger partial charge in [0.15, 0.2) is 0 Å². The molecular weight excluding hydrogens is 312 g/mol. The maximum absolute atomic E-state index is 2.39. The summed E-state index contributed by atoms with van der Waals surface area (Å²) in [6, 6.07) is 9.38. The fraction of sp³-hybridized carbons (Fsp3) is 0.769. The zero-order chi connectivity index (χ0) is 18.9. The fourth-order valence-electron chi connectivity index (χ4n) is 4.01. The fourth-order valence-corrected chi connectivity index (χ4v) is 4.01. The third-order valence-corrected chi connectivity index (χ3v) is 5.86.